The normalized spacial score (nSPS) is 11.9. The highest BCUT2D eigenvalue weighted by Crippen LogP contribution is 2.34. The van der Waals surface area contributed by atoms with Gasteiger partial charge in [0.2, 0.25) is 40.7 Å². The first-order chi connectivity index (χ1) is 41.7. The molecule has 0 saturated carbocycles. The number of rotatable bonds is 27. The van der Waals surface area contributed by atoms with Crippen molar-refractivity contribution < 1.29 is 74.3 Å². The molecule has 0 aliphatic heterocycles. The van der Waals surface area contributed by atoms with Gasteiger partial charge in [-0.25, -0.2) is 32.3 Å². The summed E-state index contributed by atoms with van der Waals surface area (Å²) in [6.07, 6.45) is -2.30. The zero-order chi connectivity index (χ0) is 60.8. The number of nitrogens with two attached hydrogens (primary N) is 1. The van der Waals surface area contributed by atoms with Gasteiger partial charge < -0.3 is 50.1 Å². The van der Waals surface area contributed by atoms with Crippen molar-refractivity contribution in [1.82, 2.24) is 16.0 Å². The van der Waals surface area contributed by atoms with Gasteiger partial charge in [0.25, 0.3) is 0 Å². The van der Waals surface area contributed by atoms with Crippen molar-refractivity contribution >= 4 is 30.0 Å². The lowest BCUT2D eigenvalue weighted by molar-refractivity contribution is -0.149. The number of hydrogen-bond acceptors (Lipinski definition) is 12. The summed E-state index contributed by atoms with van der Waals surface area (Å²) in [6.45, 7) is -0.174. The van der Waals surface area contributed by atoms with Crippen LogP contribution in [-0.2, 0) is 74.5 Å². The molecular formula is C66H59F5N4O11. The number of amides is 3. The number of halogens is 5. The van der Waals surface area contributed by atoms with Gasteiger partial charge in [0, 0.05) is 19.4 Å². The molecule has 444 valence electrons. The van der Waals surface area contributed by atoms with Gasteiger partial charge in [0.1, 0.15) is 56.6 Å². The zero-order valence-corrected chi connectivity index (χ0v) is 46.2. The minimum Gasteiger partial charge on any atom is -0.489 e. The molecular weight excluding hydrogens is 1120 g/mol. The molecule has 0 unspecified atom stereocenters. The van der Waals surface area contributed by atoms with Crippen molar-refractivity contribution in [3.8, 4) is 28.4 Å². The van der Waals surface area contributed by atoms with E-state index in [-0.39, 0.29) is 70.2 Å². The van der Waals surface area contributed by atoms with Crippen molar-refractivity contribution in [2.24, 2.45) is 5.73 Å². The number of hydrogen-bond donors (Lipinski definition) is 4. The Hall–Kier alpha value is -10.1. The standard InChI is InChI=1S/C66H59F5N4O11/c67-56-57(68)59(70)61(60(71)58(56)69)86-64(78)53(75-66(80)85-41-46-25-14-5-15-26-46)36-50-34-48(29-31-55(50)82-38-43-19-8-2-9-20-43)47-28-30-54(81-37-42-17-6-1-7-18-42)49(33-47)35-52(63(77)83-39-44-21-10-3-11-22-44)74-62(76)51(72)27-16-32-73-65(79)84-40-45-23-12-4-13-24-45/h1-15,17-26,28-31,33-34,51-53H,16,27,32,35-41,72H2,(H,73,79)(H,74,76)(H,75,80)/t51-,52+,53-/m0/s1. The van der Waals surface area contributed by atoms with Crippen LogP contribution in [0.5, 0.6) is 17.2 Å². The average Bonchev–Trinajstić information content (AvgIpc) is 3.73. The number of benzene rings is 8. The van der Waals surface area contributed by atoms with Crippen LogP contribution in [0.4, 0.5) is 31.5 Å². The van der Waals surface area contributed by atoms with Crippen molar-refractivity contribution in [2.45, 2.75) is 76.8 Å². The Balaban J connectivity index is 1.11. The topological polar surface area (TPSA) is 203 Å². The van der Waals surface area contributed by atoms with Crippen molar-refractivity contribution in [1.29, 1.82) is 0 Å². The van der Waals surface area contributed by atoms with E-state index < -0.39 is 89.4 Å². The number of carbonyl (C=O) groups excluding carboxylic acids is 5. The molecule has 8 aromatic carbocycles. The molecule has 0 aliphatic rings. The molecule has 0 saturated heterocycles. The molecule has 8 rings (SSSR count). The number of alkyl carbamates (subject to hydrolysis) is 2. The van der Waals surface area contributed by atoms with Gasteiger partial charge in [-0.1, -0.05) is 164 Å². The van der Waals surface area contributed by atoms with E-state index in [4.69, 9.17) is 34.2 Å². The highest BCUT2D eigenvalue weighted by atomic mass is 19.2. The lowest BCUT2D eigenvalue weighted by Crippen LogP contribution is -2.50. The number of nitrogens with one attached hydrogen (secondary N) is 3. The van der Waals surface area contributed by atoms with Crippen LogP contribution in [0.15, 0.2) is 188 Å². The van der Waals surface area contributed by atoms with Gasteiger partial charge in [-0.3, -0.25) is 4.79 Å². The maximum absolute atomic E-state index is 15.0. The summed E-state index contributed by atoms with van der Waals surface area (Å²) in [7, 11) is 0. The second kappa shape index (κ2) is 31.0. The monoisotopic (exact) mass is 1180 g/mol. The summed E-state index contributed by atoms with van der Waals surface area (Å²) in [5.41, 5.74) is 11.4. The molecule has 86 heavy (non-hydrogen) atoms. The Labute approximate surface area is 492 Å². The largest absolute Gasteiger partial charge is 0.489 e. The van der Waals surface area contributed by atoms with E-state index >= 15 is 8.78 Å². The van der Waals surface area contributed by atoms with Crippen LogP contribution in [0.2, 0.25) is 0 Å². The van der Waals surface area contributed by atoms with Crippen molar-refractivity contribution in [3.05, 3.63) is 256 Å². The van der Waals surface area contributed by atoms with Crippen molar-refractivity contribution in [3.63, 3.8) is 0 Å². The average molecular weight is 1180 g/mol. The van der Waals surface area contributed by atoms with Crippen molar-refractivity contribution in [2.75, 3.05) is 6.54 Å². The third-order valence-electron chi connectivity index (χ3n) is 13.3. The van der Waals surface area contributed by atoms with E-state index in [1.54, 1.807) is 127 Å². The van der Waals surface area contributed by atoms with Gasteiger partial charge in [0.15, 0.2) is 0 Å². The van der Waals surface area contributed by atoms with Crippen LogP contribution in [0, 0.1) is 29.1 Å². The second-order valence-corrected chi connectivity index (χ2v) is 19.6. The fourth-order valence-electron chi connectivity index (χ4n) is 8.69. The van der Waals surface area contributed by atoms with E-state index in [2.05, 4.69) is 16.0 Å². The Morgan fingerprint density at radius 2 is 0.814 bits per heavy atom. The lowest BCUT2D eigenvalue weighted by atomic mass is 9.95. The van der Waals surface area contributed by atoms with E-state index in [9.17, 15) is 37.1 Å². The Morgan fingerprint density at radius 1 is 0.430 bits per heavy atom. The molecule has 0 aromatic heterocycles. The van der Waals surface area contributed by atoms with Gasteiger partial charge in [-0.2, -0.15) is 8.78 Å². The fraction of sp³-hybridized carbons (Fsp3) is 0.197. The maximum atomic E-state index is 15.0. The highest BCUT2D eigenvalue weighted by Gasteiger charge is 2.33. The van der Waals surface area contributed by atoms with Crippen LogP contribution in [0.3, 0.4) is 0 Å². The summed E-state index contributed by atoms with van der Waals surface area (Å²) >= 11 is 0. The number of ether oxygens (including phenoxy) is 6. The zero-order valence-electron chi connectivity index (χ0n) is 46.2. The third-order valence-corrected chi connectivity index (χ3v) is 13.3. The number of esters is 2. The molecule has 5 N–H and O–H groups in total. The van der Waals surface area contributed by atoms with Crippen LogP contribution >= 0.6 is 0 Å². The first kappa shape index (κ1) is 62.0. The summed E-state index contributed by atoms with van der Waals surface area (Å²) in [4.78, 5) is 68.1. The van der Waals surface area contributed by atoms with Crippen LogP contribution in [0.25, 0.3) is 11.1 Å². The molecule has 15 nitrogen and oxygen atoms in total. The minimum atomic E-state index is -2.49. The Morgan fingerprint density at radius 3 is 1.26 bits per heavy atom. The molecule has 3 atom stereocenters. The van der Waals surface area contributed by atoms with Gasteiger partial charge in [-0.15, -0.1) is 0 Å². The molecule has 0 bridgehead atoms. The van der Waals surface area contributed by atoms with Crippen LogP contribution in [0.1, 0.15) is 51.8 Å². The summed E-state index contributed by atoms with van der Waals surface area (Å²) in [5, 5.41) is 7.74. The summed E-state index contributed by atoms with van der Waals surface area (Å²) in [5.74, 6) is -16.7. The van der Waals surface area contributed by atoms with E-state index in [1.165, 1.54) is 0 Å². The predicted octanol–water partition coefficient (Wildman–Crippen LogP) is 11.5. The molecule has 0 radical (unpaired) electrons. The molecule has 8 aromatic rings. The summed E-state index contributed by atoms with van der Waals surface area (Å²) in [6, 6.07) is 50.0. The first-order valence-corrected chi connectivity index (χ1v) is 27.2. The smallest absolute Gasteiger partial charge is 0.408 e. The molecule has 0 fully saturated rings. The molecule has 0 spiro atoms. The second-order valence-electron chi connectivity index (χ2n) is 19.6. The first-order valence-electron chi connectivity index (χ1n) is 27.2. The highest BCUT2D eigenvalue weighted by molar-refractivity contribution is 5.88. The fourth-order valence-corrected chi connectivity index (χ4v) is 8.69. The van der Waals surface area contributed by atoms with E-state index in [0.717, 1.165) is 16.7 Å². The minimum absolute atomic E-state index is 0.0190. The van der Waals surface area contributed by atoms with Gasteiger partial charge in [-0.05, 0) is 87.2 Å². The molecule has 20 heteroatoms. The van der Waals surface area contributed by atoms with Crippen LogP contribution < -0.4 is 35.9 Å². The predicted molar refractivity (Wildman–Crippen MR) is 306 cm³/mol. The lowest BCUT2D eigenvalue weighted by Gasteiger charge is -2.22. The Bertz CT molecular complexity index is 3550. The van der Waals surface area contributed by atoms with Crippen LogP contribution in [-0.4, -0.2) is 54.7 Å². The molecule has 0 heterocycles. The third kappa shape index (κ3) is 18.0. The SMILES string of the molecule is N[C@@H](CCCNC(=O)OCc1ccccc1)C(=O)N[C@H](Cc1cc(-c2ccc(OCc3ccccc3)c(C[C@H](NC(=O)OCc3ccccc3)C(=O)Oc3c(F)c(F)c(F)c(F)c3F)c2)ccc1OCc1ccccc1)C(=O)OCc1ccccc1. The summed E-state index contributed by atoms with van der Waals surface area (Å²) < 4.78 is 107. The van der Waals surface area contributed by atoms with E-state index in [0.29, 0.717) is 33.6 Å². The van der Waals surface area contributed by atoms with Gasteiger partial charge in [0.05, 0.1) is 6.04 Å². The molecule has 0 aliphatic carbocycles. The maximum Gasteiger partial charge on any atom is 0.408 e. The quantitative estimate of drug-likeness (QED) is 0.00723. The Kier molecular flexibility index (Phi) is 22.3. The molecule has 3 amide bonds. The van der Waals surface area contributed by atoms with E-state index in [1.807, 2.05) is 60.7 Å². The van der Waals surface area contributed by atoms with Gasteiger partial charge >= 0.3 is 24.1 Å². The number of carbonyl (C=O) groups is 5.